The lowest BCUT2D eigenvalue weighted by molar-refractivity contribution is 0.317. The molecule has 1 aromatic heterocycles. The zero-order chi connectivity index (χ0) is 10.6. The maximum Gasteiger partial charge on any atom is 0.191 e. The highest BCUT2D eigenvalue weighted by atomic mass is 16.4. The fourth-order valence-electron chi connectivity index (χ4n) is 0.808. The summed E-state index contributed by atoms with van der Waals surface area (Å²) < 4.78 is 0. The Morgan fingerprint density at radius 2 is 1.36 bits per heavy atom. The second kappa shape index (κ2) is 4.03. The zero-order valence-electron chi connectivity index (χ0n) is 6.99. The Balaban J connectivity index is 3.30. The van der Waals surface area contributed by atoms with Crippen LogP contribution in [0.2, 0.25) is 0 Å². The van der Waals surface area contributed by atoms with Crippen molar-refractivity contribution in [2.75, 3.05) is 0 Å². The van der Waals surface area contributed by atoms with Crippen LogP contribution >= 0.6 is 0 Å². The van der Waals surface area contributed by atoms with Crippen molar-refractivity contribution in [1.29, 1.82) is 0 Å². The van der Waals surface area contributed by atoms with E-state index in [2.05, 4.69) is 20.3 Å². The molecule has 1 heterocycles. The van der Waals surface area contributed by atoms with Crippen LogP contribution < -0.4 is 11.5 Å². The molecular weight excluding hydrogens is 188 g/mol. The van der Waals surface area contributed by atoms with Gasteiger partial charge in [-0.15, -0.1) is 0 Å². The smallest absolute Gasteiger partial charge is 0.191 e. The summed E-state index contributed by atoms with van der Waals surface area (Å²) in [5.74, 6) is -0.528. The molecule has 0 bridgehead atoms. The first-order chi connectivity index (χ1) is 6.70. The lowest BCUT2D eigenvalue weighted by Crippen LogP contribution is -2.24. The van der Waals surface area contributed by atoms with Gasteiger partial charge in [-0.2, -0.15) is 0 Å². The first-order valence-corrected chi connectivity index (χ1v) is 3.47. The first-order valence-electron chi connectivity index (χ1n) is 3.47. The van der Waals surface area contributed by atoms with Crippen molar-refractivity contribution >= 4 is 11.7 Å². The molecule has 0 atom stereocenters. The van der Waals surface area contributed by atoms with Crippen LogP contribution in [-0.2, 0) is 0 Å². The van der Waals surface area contributed by atoms with E-state index in [1.807, 2.05) is 0 Å². The molecule has 1 aromatic rings. The van der Waals surface area contributed by atoms with Crippen LogP contribution in [0.5, 0.6) is 0 Å². The van der Waals surface area contributed by atoms with Crippen molar-refractivity contribution in [3.63, 3.8) is 0 Å². The van der Waals surface area contributed by atoms with Crippen LogP contribution in [0.15, 0.2) is 22.7 Å². The number of aromatic nitrogens is 2. The summed E-state index contributed by atoms with van der Waals surface area (Å²) in [4.78, 5) is 7.54. The van der Waals surface area contributed by atoms with Crippen molar-refractivity contribution in [2.24, 2.45) is 21.8 Å². The number of hydrogen-bond donors (Lipinski definition) is 4. The van der Waals surface area contributed by atoms with E-state index in [9.17, 15) is 0 Å². The number of nitrogens with zero attached hydrogens (tertiary/aromatic N) is 4. The third-order valence-corrected chi connectivity index (χ3v) is 1.40. The van der Waals surface area contributed by atoms with E-state index in [1.54, 1.807) is 0 Å². The van der Waals surface area contributed by atoms with Crippen LogP contribution in [0.3, 0.4) is 0 Å². The molecule has 74 valence electrons. The monoisotopic (exact) mass is 196 g/mol. The Kier molecular flexibility index (Phi) is 2.79. The van der Waals surface area contributed by atoms with Gasteiger partial charge in [-0.05, 0) is 0 Å². The minimum Gasteiger partial charge on any atom is -0.409 e. The quantitative estimate of drug-likeness (QED) is 0.199. The molecule has 0 saturated carbocycles. The number of rotatable bonds is 2. The highest BCUT2D eigenvalue weighted by molar-refractivity contribution is 6.07. The summed E-state index contributed by atoms with van der Waals surface area (Å²) in [5.41, 5.74) is 10.7. The van der Waals surface area contributed by atoms with Crippen LogP contribution in [0, 0.1) is 0 Å². The molecule has 1 rings (SSSR count). The fraction of sp³-hybridized carbons (Fsp3) is 0. The average Bonchev–Trinajstić information content (AvgIpc) is 2.27. The van der Waals surface area contributed by atoms with Crippen molar-refractivity contribution < 1.29 is 10.4 Å². The van der Waals surface area contributed by atoms with Gasteiger partial charge >= 0.3 is 0 Å². The SMILES string of the molecule is NC(=NO)c1nccnc1C(N)=NO. The molecule has 0 spiro atoms. The standard InChI is InChI=1S/C6H8N6O2/c7-5(11-13)3-4(6(8)12-14)10-2-1-9-3/h1-2,13-14H,(H2,7,11)(H2,8,12). The fourth-order valence-corrected chi connectivity index (χ4v) is 0.808. The molecule has 0 fully saturated rings. The predicted octanol–water partition coefficient (Wildman–Crippen LogP) is -1.33. The molecule has 6 N–H and O–H groups in total. The Bertz CT molecular complexity index is 351. The van der Waals surface area contributed by atoms with Gasteiger partial charge in [-0.25, -0.2) is 9.97 Å². The maximum absolute atomic E-state index is 8.42. The van der Waals surface area contributed by atoms with Gasteiger partial charge in [-0.1, -0.05) is 10.3 Å². The molecular formula is C6H8N6O2. The van der Waals surface area contributed by atoms with Crippen molar-refractivity contribution in [2.45, 2.75) is 0 Å². The normalized spacial score (nSPS) is 12.9. The van der Waals surface area contributed by atoms with Gasteiger partial charge in [0.1, 0.15) is 11.4 Å². The van der Waals surface area contributed by atoms with Crippen LogP contribution in [0.1, 0.15) is 11.4 Å². The second-order valence-electron chi connectivity index (χ2n) is 2.22. The maximum atomic E-state index is 8.42. The summed E-state index contributed by atoms with van der Waals surface area (Å²) in [7, 11) is 0. The number of nitrogens with two attached hydrogens (primary N) is 2. The summed E-state index contributed by atoms with van der Waals surface area (Å²) in [6, 6.07) is 0. The Morgan fingerprint density at radius 3 is 1.64 bits per heavy atom. The second-order valence-corrected chi connectivity index (χ2v) is 2.22. The van der Waals surface area contributed by atoms with Crippen molar-refractivity contribution in [1.82, 2.24) is 9.97 Å². The van der Waals surface area contributed by atoms with Gasteiger partial charge in [0.2, 0.25) is 0 Å². The molecule has 0 unspecified atom stereocenters. The Hall–Kier alpha value is -2.38. The zero-order valence-corrected chi connectivity index (χ0v) is 6.99. The molecule has 0 aliphatic carbocycles. The minimum atomic E-state index is -0.264. The molecule has 0 amide bonds. The van der Waals surface area contributed by atoms with Gasteiger partial charge < -0.3 is 21.9 Å². The third kappa shape index (κ3) is 1.68. The molecule has 0 aliphatic rings. The number of amidine groups is 2. The highest BCUT2D eigenvalue weighted by Crippen LogP contribution is 2.00. The lowest BCUT2D eigenvalue weighted by atomic mass is 10.2. The van der Waals surface area contributed by atoms with Crippen molar-refractivity contribution in [3.8, 4) is 0 Å². The van der Waals surface area contributed by atoms with Crippen LogP contribution in [0.25, 0.3) is 0 Å². The van der Waals surface area contributed by atoms with E-state index >= 15 is 0 Å². The van der Waals surface area contributed by atoms with Gasteiger partial charge in [0, 0.05) is 12.4 Å². The lowest BCUT2D eigenvalue weighted by Gasteiger charge is -2.02. The van der Waals surface area contributed by atoms with E-state index in [0.29, 0.717) is 0 Å². The van der Waals surface area contributed by atoms with Crippen LogP contribution in [-0.4, -0.2) is 32.1 Å². The Labute approximate surface area is 78.6 Å². The minimum absolute atomic E-state index is 0.0466. The van der Waals surface area contributed by atoms with E-state index < -0.39 is 0 Å². The number of oxime groups is 2. The largest absolute Gasteiger partial charge is 0.409 e. The number of hydrogen-bond acceptors (Lipinski definition) is 6. The summed E-state index contributed by atoms with van der Waals surface area (Å²) in [6.45, 7) is 0. The molecule has 0 aromatic carbocycles. The molecule has 8 heteroatoms. The molecule has 0 saturated heterocycles. The Morgan fingerprint density at radius 1 is 1.00 bits per heavy atom. The van der Waals surface area contributed by atoms with E-state index in [1.165, 1.54) is 12.4 Å². The van der Waals surface area contributed by atoms with E-state index in [0.717, 1.165) is 0 Å². The van der Waals surface area contributed by atoms with Crippen LogP contribution in [0.4, 0.5) is 0 Å². The molecule has 0 aliphatic heterocycles. The van der Waals surface area contributed by atoms with Gasteiger partial charge in [0.25, 0.3) is 0 Å². The van der Waals surface area contributed by atoms with Gasteiger partial charge in [0.05, 0.1) is 0 Å². The average molecular weight is 196 g/mol. The molecule has 0 radical (unpaired) electrons. The molecule has 8 nitrogen and oxygen atoms in total. The molecule has 14 heavy (non-hydrogen) atoms. The first kappa shape index (κ1) is 9.71. The summed E-state index contributed by atoms with van der Waals surface area (Å²) >= 11 is 0. The highest BCUT2D eigenvalue weighted by Gasteiger charge is 2.13. The summed E-state index contributed by atoms with van der Waals surface area (Å²) in [6.07, 6.45) is 2.67. The van der Waals surface area contributed by atoms with E-state index in [-0.39, 0.29) is 23.1 Å². The summed E-state index contributed by atoms with van der Waals surface area (Å²) in [5, 5.41) is 22.3. The van der Waals surface area contributed by atoms with Gasteiger partial charge in [0.15, 0.2) is 11.7 Å². The third-order valence-electron chi connectivity index (χ3n) is 1.40. The predicted molar refractivity (Wildman–Crippen MR) is 47.1 cm³/mol. The van der Waals surface area contributed by atoms with Gasteiger partial charge in [-0.3, -0.25) is 0 Å². The topological polar surface area (TPSA) is 143 Å². The van der Waals surface area contributed by atoms with E-state index in [4.69, 9.17) is 21.9 Å². The van der Waals surface area contributed by atoms with Crippen molar-refractivity contribution in [3.05, 3.63) is 23.8 Å².